The molecule has 5 nitrogen and oxygen atoms in total. The highest BCUT2D eigenvalue weighted by atomic mass is 16.4. The van der Waals surface area contributed by atoms with Gasteiger partial charge in [0.05, 0.1) is 12.5 Å². The van der Waals surface area contributed by atoms with Crippen molar-refractivity contribution in [2.24, 2.45) is 5.92 Å². The van der Waals surface area contributed by atoms with Crippen LogP contribution in [0, 0.1) is 5.92 Å². The molecule has 2 aliphatic rings. The summed E-state index contributed by atoms with van der Waals surface area (Å²) >= 11 is 0. The summed E-state index contributed by atoms with van der Waals surface area (Å²) in [5.41, 5.74) is 2.61. The molecule has 0 saturated heterocycles. The number of carboxylic acids is 1. The summed E-state index contributed by atoms with van der Waals surface area (Å²) in [4.78, 5) is 25.2. The van der Waals surface area contributed by atoms with Crippen LogP contribution in [0.15, 0.2) is 24.3 Å². The largest absolute Gasteiger partial charge is 0.481 e. The molecule has 1 amide bonds. The van der Waals surface area contributed by atoms with Crippen LogP contribution in [0.1, 0.15) is 36.8 Å². The number of nitrogens with one attached hydrogen (secondary N) is 1. The summed E-state index contributed by atoms with van der Waals surface area (Å²) in [6, 6.07) is 8.42. The highest BCUT2D eigenvalue weighted by Gasteiger charge is 2.27. The number of hydrogen-bond donors (Lipinski definition) is 2. The van der Waals surface area contributed by atoms with Gasteiger partial charge in [0.2, 0.25) is 5.91 Å². The Labute approximate surface area is 130 Å². The maximum Gasteiger partial charge on any atom is 0.306 e. The van der Waals surface area contributed by atoms with E-state index in [-0.39, 0.29) is 17.9 Å². The average molecular weight is 302 g/mol. The Morgan fingerprint density at radius 2 is 1.68 bits per heavy atom. The first-order valence-corrected chi connectivity index (χ1v) is 7.93. The predicted octanol–water partition coefficient (Wildman–Crippen LogP) is 1.76. The van der Waals surface area contributed by atoms with Gasteiger partial charge in [0, 0.05) is 19.1 Å². The molecule has 1 heterocycles. The molecule has 0 unspecified atom stereocenters. The number of carboxylic acid groups (broad SMARTS) is 1. The van der Waals surface area contributed by atoms with E-state index < -0.39 is 5.97 Å². The standard InChI is InChI=1S/C17H22N2O3/c20-16(18-15-7-5-12(6-8-15)17(21)22)11-19-9-13-3-1-2-4-14(13)10-19/h1-4,12,15H,5-11H2,(H,18,20)(H,21,22). The Kier molecular flexibility index (Phi) is 4.43. The quantitative estimate of drug-likeness (QED) is 0.889. The van der Waals surface area contributed by atoms with Gasteiger partial charge in [0.15, 0.2) is 0 Å². The van der Waals surface area contributed by atoms with E-state index in [4.69, 9.17) is 5.11 Å². The van der Waals surface area contributed by atoms with Crippen LogP contribution in [0.4, 0.5) is 0 Å². The van der Waals surface area contributed by atoms with Crippen LogP contribution < -0.4 is 5.32 Å². The summed E-state index contributed by atoms with van der Waals surface area (Å²) < 4.78 is 0. The average Bonchev–Trinajstić information content (AvgIpc) is 2.89. The molecule has 0 aromatic heterocycles. The number of benzene rings is 1. The minimum Gasteiger partial charge on any atom is -0.481 e. The first-order chi connectivity index (χ1) is 10.6. The van der Waals surface area contributed by atoms with Crippen molar-refractivity contribution in [3.05, 3.63) is 35.4 Å². The lowest BCUT2D eigenvalue weighted by molar-refractivity contribution is -0.142. The molecule has 118 valence electrons. The molecule has 1 aliphatic heterocycles. The van der Waals surface area contributed by atoms with E-state index in [0.717, 1.165) is 25.9 Å². The van der Waals surface area contributed by atoms with Crippen LogP contribution in [0.5, 0.6) is 0 Å². The van der Waals surface area contributed by atoms with E-state index >= 15 is 0 Å². The van der Waals surface area contributed by atoms with Gasteiger partial charge in [-0.2, -0.15) is 0 Å². The summed E-state index contributed by atoms with van der Waals surface area (Å²) in [5.74, 6) is -0.896. The van der Waals surface area contributed by atoms with E-state index in [1.54, 1.807) is 0 Å². The smallest absolute Gasteiger partial charge is 0.306 e. The zero-order valence-corrected chi connectivity index (χ0v) is 12.6. The number of fused-ring (bicyclic) bond motifs is 1. The molecular formula is C17H22N2O3. The van der Waals surface area contributed by atoms with E-state index in [1.807, 2.05) is 12.1 Å². The van der Waals surface area contributed by atoms with E-state index in [0.29, 0.717) is 19.4 Å². The number of amides is 1. The second-order valence-electron chi connectivity index (χ2n) is 6.37. The lowest BCUT2D eigenvalue weighted by Gasteiger charge is -2.27. The molecule has 1 aromatic carbocycles. The number of carbonyl (C=O) groups excluding carboxylic acids is 1. The number of rotatable bonds is 4. The Bertz CT molecular complexity index is 540. The molecule has 1 aliphatic carbocycles. The molecule has 0 bridgehead atoms. The van der Waals surface area contributed by atoms with Gasteiger partial charge >= 0.3 is 5.97 Å². The Hall–Kier alpha value is -1.88. The van der Waals surface area contributed by atoms with Crippen LogP contribution in [-0.4, -0.2) is 34.5 Å². The maximum atomic E-state index is 12.2. The number of nitrogens with zero attached hydrogens (tertiary/aromatic N) is 1. The summed E-state index contributed by atoms with van der Waals surface area (Å²) in [5, 5.41) is 12.0. The van der Waals surface area contributed by atoms with Crippen molar-refractivity contribution in [1.29, 1.82) is 0 Å². The van der Waals surface area contributed by atoms with Crippen molar-refractivity contribution >= 4 is 11.9 Å². The summed E-state index contributed by atoms with van der Waals surface area (Å²) in [6.45, 7) is 2.07. The lowest BCUT2D eigenvalue weighted by Crippen LogP contribution is -2.42. The van der Waals surface area contributed by atoms with E-state index in [9.17, 15) is 9.59 Å². The fourth-order valence-corrected chi connectivity index (χ4v) is 3.48. The number of hydrogen-bond acceptors (Lipinski definition) is 3. The highest BCUT2D eigenvalue weighted by Crippen LogP contribution is 2.25. The zero-order valence-electron chi connectivity index (χ0n) is 12.6. The summed E-state index contributed by atoms with van der Waals surface area (Å²) in [6.07, 6.45) is 2.86. The molecule has 3 rings (SSSR count). The third-order valence-corrected chi connectivity index (χ3v) is 4.72. The minimum absolute atomic E-state index is 0.0478. The van der Waals surface area contributed by atoms with Crippen molar-refractivity contribution in [2.75, 3.05) is 6.54 Å². The van der Waals surface area contributed by atoms with Crippen LogP contribution in [0.2, 0.25) is 0 Å². The molecule has 1 aromatic rings. The molecule has 0 radical (unpaired) electrons. The van der Waals surface area contributed by atoms with Gasteiger partial charge < -0.3 is 10.4 Å². The SMILES string of the molecule is O=C(CN1Cc2ccccc2C1)NC1CCC(C(=O)O)CC1. The van der Waals surface area contributed by atoms with Crippen molar-refractivity contribution in [3.8, 4) is 0 Å². The van der Waals surface area contributed by atoms with Crippen molar-refractivity contribution in [3.63, 3.8) is 0 Å². The summed E-state index contributed by atoms with van der Waals surface area (Å²) in [7, 11) is 0. The molecule has 5 heteroatoms. The molecule has 0 spiro atoms. The third kappa shape index (κ3) is 3.47. The number of aliphatic carboxylic acids is 1. The van der Waals surface area contributed by atoms with Gasteiger partial charge in [-0.05, 0) is 36.8 Å². The number of carbonyl (C=O) groups is 2. The fourth-order valence-electron chi connectivity index (χ4n) is 3.48. The van der Waals surface area contributed by atoms with Crippen LogP contribution in [0.3, 0.4) is 0 Å². The third-order valence-electron chi connectivity index (χ3n) is 4.72. The van der Waals surface area contributed by atoms with Crippen LogP contribution in [0.25, 0.3) is 0 Å². The van der Waals surface area contributed by atoms with Gasteiger partial charge in [0.1, 0.15) is 0 Å². The molecule has 22 heavy (non-hydrogen) atoms. The van der Waals surface area contributed by atoms with Crippen molar-refractivity contribution in [1.82, 2.24) is 10.2 Å². The zero-order chi connectivity index (χ0) is 15.5. The van der Waals surface area contributed by atoms with Crippen molar-refractivity contribution in [2.45, 2.75) is 44.8 Å². The lowest BCUT2D eigenvalue weighted by atomic mass is 9.86. The first-order valence-electron chi connectivity index (χ1n) is 7.93. The second-order valence-corrected chi connectivity index (χ2v) is 6.37. The van der Waals surface area contributed by atoms with Crippen LogP contribution in [-0.2, 0) is 22.7 Å². The van der Waals surface area contributed by atoms with Gasteiger partial charge in [-0.25, -0.2) is 0 Å². The maximum absolute atomic E-state index is 12.2. The monoisotopic (exact) mass is 302 g/mol. The Balaban J connectivity index is 1.44. The van der Waals surface area contributed by atoms with Gasteiger partial charge in [0.25, 0.3) is 0 Å². The Morgan fingerprint density at radius 1 is 1.09 bits per heavy atom. The van der Waals surface area contributed by atoms with Gasteiger partial charge in [-0.1, -0.05) is 24.3 Å². The fraction of sp³-hybridized carbons (Fsp3) is 0.529. The molecular weight excluding hydrogens is 280 g/mol. The Morgan fingerprint density at radius 3 is 2.23 bits per heavy atom. The topological polar surface area (TPSA) is 69.6 Å². The van der Waals surface area contributed by atoms with Gasteiger partial charge in [-0.15, -0.1) is 0 Å². The predicted molar refractivity (Wildman–Crippen MR) is 82.1 cm³/mol. The van der Waals surface area contributed by atoms with E-state index in [2.05, 4.69) is 22.3 Å². The molecule has 1 saturated carbocycles. The van der Waals surface area contributed by atoms with Crippen LogP contribution >= 0.6 is 0 Å². The minimum atomic E-state index is -0.709. The highest BCUT2D eigenvalue weighted by molar-refractivity contribution is 5.78. The van der Waals surface area contributed by atoms with Crippen molar-refractivity contribution < 1.29 is 14.7 Å². The molecule has 1 fully saturated rings. The second kappa shape index (κ2) is 6.48. The molecule has 0 atom stereocenters. The first kappa shape index (κ1) is 15.0. The normalized spacial score (nSPS) is 24.7. The molecule has 2 N–H and O–H groups in total. The van der Waals surface area contributed by atoms with E-state index in [1.165, 1.54) is 11.1 Å². The van der Waals surface area contributed by atoms with Gasteiger partial charge in [-0.3, -0.25) is 14.5 Å².